The standard InChI is InChI=1S/C23H39N3O/c1-2-3-4-5-6-7-8-9-10-11-12-13-14-15-17-23(27)25-18-16-20-26-21-19-24-22-26/h11-14,19,21-22H,2-10,15-18,20H2,1H3,(H,25,27). The maximum Gasteiger partial charge on any atom is 0.220 e. The molecule has 0 aromatic carbocycles. The number of carbonyl (C=O) groups is 1. The van der Waals surface area contributed by atoms with Crippen LogP contribution in [-0.4, -0.2) is 22.0 Å². The first kappa shape index (κ1) is 23.2. The molecule has 1 rings (SSSR count). The van der Waals surface area contributed by atoms with E-state index >= 15 is 0 Å². The lowest BCUT2D eigenvalue weighted by Crippen LogP contribution is -2.24. The molecule has 0 saturated heterocycles. The smallest absolute Gasteiger partial charge is 0.220 e. The van der Waals surface area contributed by atoms with E-state index in [1.54, 1.807) is 12.5 Å². The molecule has 1 aromatic rings. The Morgan fingerprint density at radius 2 is 1.67 bits per heavy atom. The van der Waals surface area contributed by atoms with Gasteiger partial charge >= 0.3 is 0 Å². The van der Waals surface area contributed by atoms with Crippen LogP contribution >= 0.6 is 0 Å². The van der Waals surface area contributed by atoms with E-state index in [4.69, 9.17) is 0 Å². The molecule has 1 amide bonds. The van der Waals surface area contributed by atoms with Gasteiger partial charge < -0.3 is 9.88 Å². The number of imidazole rings is 1. The van der Waals surface area contributed by atoms with E-state index in [9.17, 15) is 4.79 Å². The summed E-state index contributed by atoms with van der Waals surface area (Å²) in [4.78, 5) is 15.7. The Hall–Kier alpha value is -1.84. The highest BCUT2D eigenvalue weighted by atomic mass is 16.1. The second kappa shape index (κ2) is 17.6. The Morgan fingerprint density at radius 1 is 0.963 bits per heavy atom. The fourth-order valence-corrected chi connectivity index (χ4v) is 2.96. The van der Waals surface area contributed by atoms with E-state index in [1.807, 2.05) is 10.8 Å². The van der Waals surface area contributed by atoms with E-state index in [-0.39, 0.29) is 5.91 Å². The summed E-state index contributed by atoms with van der Waals surface area (Å²) < 4.78 is 2.02. The summed E-state index contributed by atoms with van der Waals surface area (Å²) in [5, 5.41) is 2.97. The number of unbranched alkanes of at least 4 members (excludes halogenated alkanes) is 8. The molecule has 0 bridgehead atoms. The molecule has 0 aliphatic heterocycles. The molecule has 0 saturated carbocycles. The van der Waals surface area contributed by atoms with Gasteiger partial charge in [0.25, 0.3) is 0 Å². The van der Waals surface area contributed by atoms with E-state index < -0.39 is 0 Å². The van der Waals surface area contributed by atoms with Gasteiger partial charge in [-0.3, -0.25) is 4.79 Å². The number of carbonyl (C=O) groups excluding carboxylic acids is 1. The number of hydrogen-bond donors (Lipinski definition) is 1. The molecule has 4 heteroatoms. The molecule has 0 unspecified atom stereocenters. The van der Waals surface area contributed by atoms with Crippen molar-refractivity contribution in [1.29, 1.82) is 0 Å². The first-order valence-corrected chi connectivity index (χ1v) is 10.9. The summed E-state index contributed by atoms with van der Waals surface area (Å²) >= 11 is 0. The number of aryl methyl sites for hydroxylation is 1. The predicted octanol–water partition coefficient (Wildman–Crippen LogP) is 5.81. The molecule has 1 N–H and O–H groups in total. The van der Waals surface area contributed by atoms with E-state index in [2.05, 4.69) is 41.5 Å². The minimum Gasteiger partial charge on any atom is -0.356 e. The van der Waals surface area contributed by atoms with Crippen LogP contribution in [0.3, 0.4) is 0 Å². The molecule has 0 atom stereocenters. The molecular weight excluding hydrogens is 334 g/mol. The van der Waals surface area contributed by atoms with Gasteiger partial charge in [-0.05, 0) is 25.7 Å². The number of nitrogens with zero attached hydrogens (tertiary/aromatic N) is 2. The van der Waals surface area contributed by atoms with Crippen LogP contribution < -0.4 is 5.32 Å². The van der Waals surface area contributed by atoms with Crippen molar-refractivity contribution in [2.45, 2.75) is 90.5 Å². The molecule has 0 spiro atoms. The summed E-state index contributed by atoms with van der Waals surface area (Å²) in [6.07, 6.45) is 28.4. The zero-order valence-corrected chi connectivity index (χ0v) is 17.2. The van der Waals surface area contributed by atoms with Gasteiger partial charge in [0.05, 0.1) is 6.33 Å². The molecule has 0 aliphatic rings. The molecule has 27 heavy (non-hydrogen) atoms. The topological polar surface area (TPSA) is 46.9 Å². The quantitative estimate of drug-likeness (QED) is 0.276. The van der Waals surface area contributed by atoms with Crippen molar-refractivity contribution in [2.24, 2.45) is 0 Å². The highest BCUT2D eigenvalue weighted by Crippen LogP contribution is 2.09. The summed E-state index contributed by atoms with van der Waals surface area (Å²) in [5.41, 5.74) is 0. The van der Waals surface area contributed by atoms with Crippen LogP contribution in [0.2, 0.25) is 0 Å². The largest absolute Gasteiger partial charge is 0.356 e. The number of amides is 1. The lowest BCUT2D eigenvalue weighted by molar-refractivity contribution is -0.121. The summed E-state index contributed by atoms with van der Waals surface area (Å²) in [6.45, 7) is 3.88. The highest BCUT2D eigenvalue weighted by molar-refractivity contribution is 5.75. The first-order valence-electron chi connectivity index (χ1n) is 10.9. The molecule has 0 fully saturated rings. The molecule has 0 radical (unpaired) electrons. The van der Waals surface area contributed by atoms with Crippen molar-refractivity contribution < 1.29 is 4.79 Å². The first-order chi connectivity index (χ1) is 13.3. The summed E-state index contributed by atoms with van der Waals surface area (Å²) in [6, 6.07) is 0. The second-order valence-electron chi connectivity index (χ2n) is 7.16. The van der Waals surface area contributed by atoms with E-state index in [1.165, 1.54) is 51.4 Å². The van der Waals surface area contributed by atoms with Gasteiger partial charge in [-0.2, -0.15) is 0 Å². The van der Waals surface area contributed by atoms with Crippen molar-refractivity contribution in [1.82, 2.24) is 14.9 Å². The van der Waals surface area contributed by atoms with Gasteiger partial charge in [0.15, 0.2) is 0 Å². The van der Waals surface area contributed by atoms with Crippen molar-refractivity contribution in [3.05, 3.63) is 43.0 Å². The molecule has 152 valence electrons. The summed E-state index contributed by atoms with van der Waals surface area (Å²) in [5.74, 6) is 0.133. The Labute approximate surface area is 166 Å². The van der Waals surface area contributed by atoms with Crippen LogP contribution in [0.1, 0.15) is 84.0 Å². The third-order valence-electron chi connectivity index (χ3n) is 4.62. The molecule has 1 heterocycles. The van der Waals surface area contributed by atoms with Crippen molar-refractivity contribution in [3.63, 3.8) is 0 Å². The van der Waals surface area contributed by atoms with Crippen LogP contribution in [0.15, 0.2) is 43.0 Å². The number of rotatable bonds is 17. The van der Waals surface area contributed by atoms with Crippen molar-refractivity contribution >= 4 is 5.91 Å². The van der Waals surface area contributed by atoms with E-state index in [0.29, 0.717) is 6.42 Å². The Bertz CT molecular complexity index is 506. The highest BCUT2D eigenvalue weighted by Gasteiger charge is 1.98. The van der Waals surface area contributed by atoms with Gasteiger partial charge in [0, 0.05) is 31.9 Å². The van der Waals surface area contributed by atoms with Crippen LogP contribution in [0, 0.1) is 0 Å². The summed E-state index contributed by atoms with van der Waals surface area (Å²) in [7, 11) is 0. The maximum atomic E-state index is 11.7. The van der Waals surface area contributed by atoms with E-state index in [0.717, 1.165) is 32.4 Å². The third kappa shape index (κ3) is 15.0. The normalized spacial score (nSPS) is 11.6. The van der Waals surface area contributed by atoms with Crippen LogP contribution in [-0.2, 0) is 11.3 Å². The lowest BCUT2D eigenvalue weighted by Gasteiger charge is -2.04. The monoisotopic (exact) mass is 373 g/mol. The SMILES string of the molecule is CCCCCCCCCCC=CC=CCCC(=O)NCCCn1ccnc1. The molecule has 0 aliphatic carbocycles. The zero-order chi connectivity index (χ0) is 19.4. The molecular formula is C23H39N3O. The Kier molecular flexibility index (Phi) is 15.1. The average Bonchev–Trinajstić information content (AvgIpc) is 3.19. The van der Waals surface area contributed by atoms with Crippen LogP contribution in [0.4, 0.5) is 0 Å². The fourth-order valence-electron chi connectivity index (χ4n) is 2.96. The van der Waals surface area contributed by atoms with Gasteiger partial charge in [0.1, 0.15) is 0 Å². The minimum absolute atomic E-state index is 0.133. The van der Waals surface area contributed by atoms with Gasteiger partial charge in [-0.1, -0.05) is 76.2 Å². The number of aromatic nitrogens is 2. The lowest BCUT2D eigenvalue weighted by atomic mass is 10.1. The average molecular weight is 374 g/mol. The van der Waals surface area contributed by atoms with Gasteiger partial charge in [-0.15, -0.1) is 0 Å². The molecule has 1 aromatic heterocycles. The Balaban J connectivity index is 1.85. The van der Waals surface area contributed by atoms with Crippen LogP contribution in [0.25, 0.3) is 0 Å². The number of hydrogen-bond acceptors (Lipinski definition) is 2. The predicted molar refractivity (Wildman–Crippen MR) is 115 cm³/mol. The number of allylic oxidation sites excluding steroid dienone is 4. The zero-order valence-electron chi connectivity index (χ0n) is 17.2. The fraction of sp³-hybridized carbons (Fsp3) is 0.652. The Morgan fingerprint density at radius 3 is 2.37 bits per heavy atom. The second-order valence-corrected chi connectivity index (χ2v) is 7.16. The van der Waals surface area contributed by atoms with Crippen molar-refractivity contribution in [3.8, 4) is 0 Å². The maximum absolute atomic E-state index is 11.7. The van der Waals surface area contributed by atoms with Crippen LogP contribution in [0.5, 0.6) is 0 Å². The van der Waals surface area contributed by atoms with Gasteiger partial charge in [0.2, 0.25) is 5.91 Å². The van der Waals surface area contributed by atoms with Gasteiger partial charge in [-0.25, -0.2) is 4.98 Å². The number of nitrogens with one attached hydrogen (secondary N) is 1. The minimum atomic E-state index is 0.133. The third-order valence-corrected chi connectivity index (χ3v) is 4.62. The molecule has 4 nitrogen and oxygen atoms in total. The van der Waals surface area contributed by atoms with Crippen molar-refractivity contribution in [2.75, 3.05) is 6.54 Å².